The number of ketones is 1. The topological polar surface area (TPSA) is 20.3 Å². The van der Waals surface area contributed by atoms with Crippen molar-refractivity contribution in [2.45, 2.75) is 26.3 Å². The molecular formula is C17H21NOS. The first kappa shape index (κ1) is 14.9. The molecule has 0 aliphatic heterocycles. The Labute approximate surface area is 125 Å². The lowest BCUT2D eigenvalue weighted by Crippen LogP contribution is -2.24. The van der Waals surface area contributed by atoms with Crippen molar-refractivity contribution in [1.29, 1.82) is 0 Å². The van der Waals surface area contributed by atoms with E-state index < -0.39 is 0 Å². The Balaban J connectivity index is 1.92. The minimum atomic E-state index is 0.230. The zero-order valence-electron chi connectivity index (χ0n) is 12.3. The molecule has 0 saturated heterocycles. The van der Waals surface area contributed by atoms with Crippen LogP contribution in [0.2, 0.25) is 0 Å². The SMILES string of the molecule is Cc1ccccc1C(=O)CCN(C)C(C)c1cccs1. The van der Waals surface area contributed by atoms with Gasteiger partial charge < -0.3 is 0 Å². The second-order valence-electron chi connectivity index (χ2n) is 5.16. The first-order valence-corrected chi connectivity index (χ1v) is 7.80. The lowest BCUT2D eigenvalue weighted by Gasteiger charge is -2.23. The van der Waals surface area contributed by atoms with Crippen molar-refractivity contribution >= 4 is 17.1 Å². The van der Waals surface area contributed by atoms with Crippen LogP contribution in [0.3, 0.4) is 0 Å². The van der Waals surface area contributed by atoms with E-state index in [-0.39, 0.29) is 5.78 Å². The molecule has 0 aliphatic rings. The zero-order chi connectivity index (χ0) is 14.5. The summed E-state index contributed by atoms with van der Waals surface area (Å²) in [5.41, 5.74) is 1.91. The fourth-order valence-corrected chi connectivity index (χ4v) is 3.09. The average molecular weight is 287 g/mol. The van der Waals surface area contributed by atoms with Gasteiger partial charge in [0.1, 0.15) is 0 Å². The molecule has 0 amide bonds. The van der Waals surface area contributed by atoms with Crippen LogP contribution in [0.25, 0.3) is 0 Å². The van der Waals surface area contributed by atoms with Crippen LogP contribution in [0.5, 0.6) is 0 Å². The number of hydrogen-bond acceptors (Lipinski definition) is 3. The van der Waals surface area contributed by atoms with Gasteiger partial charge in [-0.25, -0.2) is 0 Å². The summed E-state index contributed by atoms with van der Waals surface area (Å²) < 4.78 is 0. The highest BCUT2D eigenvalue weighted by molar-refractivity contribution is 7.10. The highest BCUT2D eigenvalue weighted by Gasteiger charge is 2.15. The number of carbonyl (C=O) groups excluding carboxylic acids is 1. The van der Waals surface area contributed by atoms with Gasteiger partial charge in [-0.1, -0.05) is 30.3 Å². The van der Waals surface area contributed by atoms with E-state index in [0.717, 1.165) is 17.7 Å². The van der Waals surface area contributed by atoms with E-state index in [1.54, 1.807) is 11.3 Å². The maximum atomic E-state index is 12.3. The van der Waals surface area contributed by atoms with E-state index in [1.165, 1.54) is 4.88 Å². The zero-order valence-corrected chi connectivity index (χ0v) is 13.1. The van der Waals surface area contributed by atoms with Crippen LogP contribution < -0.4 is 0 Å². The molecular weight excluding hydrogens is 266 g/mol. The van der Waals surface area contributed by atoms with Crippen molar-refractivity contribution in [2.24, 2.45) is 0 Å². The van der Waals surface area contributed by atoms with Crippen molar-refractivity contribution in [3.8, 4) is 0 Å². The molecule has 0 bridgehead atoms. The van der Waals surface area contributed by atoms with Crippen LogP contribution in [0.1, 0.15) is 40.2 Å². The van der Waals surface area contributed by atoms with Crippen molar-refractivity contribution in [2.75, 3.05) is 13.6 Å². The minimum absolute atomic E-state index is 0.230. The molecule has 1 aromatic carbocycles. The first-order valence-electron chi connectivity index (χ1n) is 6.92. The smallest absolute Gasteiger partial charge is 0.164 e. The van der Waals surface area contributed by atoms with Crippen LogP contribution in [0, 0.1) is 6.92 Å². The molecule has 20 heavy (non-hydrogen) atoms. The third kappa shape index (κ3) is 3.56. The number of aryl methyl sites for hydroxylation is 1. The molecule has 1 atom stereocenters. The van der Waals surface area contributed by atoms with Crippen molar-refractivity contribution in [3.63, 3.8) is 0 Å². The number of Topliss-reactive ketones (excluding diaryl/α,β-unsaturated/α-hetero) is 1. The van der Waals surface area contributed by atoms with Gasteiger partial charge in [0.05, 0.1) is 0 Å². The van der Waals surface area contributed by atoms with E-state index in [1.807, 2.05) is 31.2 Å². The number of rotatable bonds is 6. The van der Waals surface area contributed by atoms with E-state index in [9.17, 15) is 4.79 Å². The van der Waals surface area contributed by atoms with Gasteiger partial charge in [0.15, 0.2) is 5.78 Å². The molecule has 0 N–H and O–H groups in total. The van der Waals surface area contributed by atoms with Crippen LogP contribution >= 0.6 is 11.3 Å². The van der Waals surface area contributed by atoms with E-state index >= 15 is 0 Å². The summed E-state index contributed by atoms with van der Waals surface area (Å²) in [6.07, 6.45) is 0.567. The van der Waals surface area contributed by atoms with Gasteiger partial charge in [-0.05, 0) is 37.9 Å². The number of hydrogen-bond donors (Lipinski definition) is 0. The second kappa shape index (κ2) is 6.82. The molecule has 0 fully saturated rings. The Bertz CT molecular complexity index is 562. The molecule has 2 aromatic rings. The maximum absolute atomic E-state index is 12.3. The van der Waals surface area contributed by atoms with Gasteiger partial charge in [-0.2, -0.15) is 0 Å². The highest BCUT2D eigenvalue weighted by Crippen LogP contribution is 2.23. The van der Waals surface area contributed by atoms with Gasteiger partial charge >= 0.3 is 0 Å². The summed E-state index contributed by atoms with van der Waals surface area (Å²) in [6, 6.07) is 12.4. The standard InChI is InChI=1S/C17H21NOS/c1-13-7-4-5-8-15(13)16(19)10-11-18(3)14(2)17-9-6-12-20-17/h4-9,12,14H,10-11H2,1-3H3. The number of nitrogens with zero attached hydrogens (tertiary/aromatic N) is 1. The third-order valence-corrected chi connectivity index (χ3v) is 4.80. The predicted molar refractivity (Wildman–Crippen MR) is 85.5 cm³/mol. The Morgan fingerprint density at radius 2 is 2.00 bits per heavy atom. The molecule has 0 saturated carbocycles. The van der Waals surface area contributed by atoms with Crippen LogP contribution in [0.4, 0.5) is 0 Å². The summed E-state index contributed by atoms with van der Waals surface area (Å²) in [6.45, 7) is 4.96. The molecule has 2 nitrogen and oxygen atoms in total. The fourth-order valence-electron chi connectivity index (χ4n) is 2.24. The van der Waals surface area contributed by atoms with E-state index in [2.05, 4.69) is 36.4 Å². The second-order valence-corrected chi connectivity index (χ2v) is 6.14. The fraction of sp³-hybridized carbons (Fsp3) is 0.353. The highest BCUT2D eigenvalue weighted by atomic mass is 32.1. The normalized spacial score (nSPS) is 12.6. The average Bonchev–Trinajstić information content (AvgIpc) is 2.98. The van der Waals surface area contributed by atoms with Gasteiger partial charge in [-0.15, -0.1) is 11.3 Å². The quantitative estimate of drug-likeness (QED) is 0.737. The maximum Gasteiger partial charge on any atom is 0.164 e. The monoisotopic (exact) mass is 287 g/mol. The predicted octanol–water partition coefficient (Wildman–Crippen LogP) is 4.32. The van der Waals surface area contributed by atoms with Crippen LogP contribution in [-0.2, 0) is 0 Å². The summed E-state index contributed by atoms with van der Waals surface area (Å²) in [7, 11) is 2.08. The van der Waals surface area contributed by atoms with Gasteiger partial charge in [0.2, 0.25) is 0 Å². The molecule has 0 spiro atoms. The molecule has 3 heteroatoms. The molecule has 106 valence electrons. The molecule has 0 radical (unpaired) electrons. The molecule has 1 aromatic heterocycles. The lowest BCUT2D eigenvalue weighted by atomic mass is 10.0. The number of benzene rings is 1. The molecule has 1 unspecified atom stereocenters. The van der Waals surface area contributed by atoms with Crippen molar-refractivity contribution < 1.29 is 4.79 Å². The molecule has 0 aliphatic carbocycles. The molecule has 1 heterocycles. The first-order chi connectivity index (χ1) is 9.59. The van der Waals surface area contributed by atoms with Gasteiger partial charge in [-0.3, -0.25) is 9.69 Å². The van der Waals surface area contributed by atoms with Gasteiger partial charge in [0.25, 0.3) is 0 Å². The van der Waals surface area contributed by atoms with E-state index in [0.29, 0.717) is 12.5 Å². The minimum Gasteiger partial charge on any atom is -0.298 e. The van der Waals surface area contributed by atoms with Crippen LogP contribution in [0.15, 0.2) is 41.8 Å². The summed E-state index contributed by atoms with van der Waals surface area (Å²) in [4.78, 5) is 15.8. The Kier molecular flexibility index (Phi) is 5.10. The largest absolute Gasteiger partial charge is 0.298 e. The summed E-state index contributed by atoms with van der Waals surface area (Å²) in [5, 5.41) is 2.10. The van der Waals surface area contributed by atoms with Crippen molar-refractivity contribution in [1.82, 2.24) is 4.90 Å². The summed E-state index contributed by atoms with van der Waals surface area (Å²) in [5.74, 6) is 0.230. The van der Waals surface area contributed by atoms with Crippen LogP contribution in [-0.4, -0.2) is 24.3 Å². The lowest BCUT2D eigenvalue weighted by molar-refractivity contribution is 0.0962. The van der Waals surface area contributed by atoms with E-state index in [4.69, 9.17) is 0 Å². The Morgan fingerprint density at radius 1 is 1.25 bits per heavy atom. The third-order valence-electron chi connectivity index (χ3n) is 3.75. The number of carbonyl (C=O) groups is 1. The molecule has 2 rings (SSSR count). The van der Waals surface area contributed by atoms with Gasteiger partial charge in [0, 0.05) is 29.4 Å². The Hall–Kier alpha value is -1.45. The van der Waals surface area contributed by atoms with Crippen molar-refractivity contribution in [3.05, 3.63) is 57.8 Å². The Morgan fingerprint density at radius 3 is 2.65 bits per heavy atom. The number of thiophene rings is 1. The summed E-state index contributed by atoms with van der Waals surface area (Å²) >= 11 is 1.77.